The van der Waals surface area contributed by atoms with Crippen molar-refractivity contribution >= 4 is 22.4 Å². The molecule has 0 fully saturated rings. The fraction of sp³-hybridized carbons (Fsp3) is 0.300. The summed E-state index contributed by atoms with van der Waals surface area (Å²) in [6, 6.07) is 0. The Labute approximate surface area is 96.9 Å². The Kier molecular flexibility index (Phi) is 3.31. The van der Waals surface area contributed by atoms with Gasteiger partial charge in [-0.25, -0.2) is 9.97 Å². The molecule has 2 aromatic rings. The van der Waals surface area contributed by atoms with Crippen LogP contribution in [0.4, 0.5) is 5.13 Å². The van der Waals surface area contributed by atoms with Gasteiger partial charge in [0.15, 0.2) is 5.13 Å². The first kappa shape index (κ1) is 10.8. The van der Waals surface area contributed by atoms with Crippen LogP contribution in [0.5, 0.6) is 0 Å². The van der Waals surface area contributed by atoms with Crippen molar-refractivity contribution < 1.29 is 4.79 Å². The smallest absolute Gasteiger partial charge is 0.226 e. The summed E-state index contributed by atoms with van der Waals surface area (Å²) in [6.07, 6.45) is 4.43. The number of thiazole rings is 1. The summed E-state index contributed by atoms with van der Waals surface area (Å²) in [5.74, 6) is -0.0241. The topological polar surface area (TPSA) is 70.7 Å². The van der Waals surface area contributed by atoms with Crippen LogP contribution in [0, 0.1) is 6.92 Å². The van der Waals surface area contributed by atoms with E-state index in [1.54, 1.807) is 12.5 Å². The zero-order chi connectivity index (χ0) is 11.4. The number of imidazole rings is 1. The van der Waals surface area contributed by atoms with Crippen molar-refractivity contribution in [1.29, 1.82) is 0 Å². The molecule has 2 aromatic heterocycles. The van der Waals surface area contributed by atoms with Gasteiger partial charge in [0.1, 0.15) is 0 Å². The van der Waals surface area contributed by atoms with E-state index in [4.69, 9.17) is 0 Å². The first-order valence-electron chi connectivity index (χ1n) is 4.93. The summed E-state index contributed by atoms with van der Waals surface area (Å²) in [4.78, 5) is 22.5. The second-order valence-corrected chi connectivity index (χ2v) is 4.28. The summed E-state index contributed by atoms with van der Waals surface area (Å²) in [6.45, 7) is 1.90. The van der Waals surface area contributed by atoms with Gasteiger partial charge in [0, 0.05) is 23.7 Å². The quantitative estimate of drug-likeness (QED) is 0.849. The van der Waals surface area contributed by atoms with E-state index in [0.717, 1.165) is 11.4 Å². The van der Waals surface area contributed by atoms with E-state index in [1.165, 1.54) is 11.3 Å². The molecule has 6 heteroatoms. The Morgan fingerprint density at radius 1 is 1.62 bits per heavy atom. The number of carbonyl (C=O) groups excluding carboxylic acids is 1. The number of aromatic nitrogens is 3. The van der Waals surface area contributed by atoms with E-state index < -0.39 is 0 Å². The van der Waals surface area contributed by atoms with Crippen LogP contribution >= 0.6 is 11.3 Å². The molecule has 1 amide bonds. The molecule has 0 saturated carbocycles. The Bertz CT molecular complexity index is 463. The maximum Gasteiger partial charge on any atom is 0.226 e. The van der Waals surface area contributed by atoms with Gasteiger partial charge in [-0.3, -0.25) is 4.79 Å². The van der Waals surface area contributed by atoms with Gasteiger partial charge < -0.3 is 10.3 Å². The summed E-state index contributed by atoms with van der Waals surface area (Å²) in [7, 11) is 0. The molecule has 0 saturated heterocycles. The van der Waals surface area contributed by atoms with Gasteiger partial charge in [-0.05, 0) is 13.3 Å². The van der Waals surface area contributed by atoms with Gasteiger partial charge in [0.2, 0.25) is 5.91 Å². The summed E-state index contributed by atoms with van der Waals surface area (Å²) < 4.78 is 0. The van der Waals surface area contributed by atoms with Crippen LogP contribution in [0.2, 0.25) is 0 Å². The average molecular weight is 236 g/mol. The number of aryl methyl sites for hydroxylation is 2. The summed E-state index contributed by atoms with van der Waals surface area (Å²) in [5, 5.41) is 5.33. The lowest BCUT2D eigenvalue weighted by Gasteiger charge is -1.99. The predicted molar refractivity (Wildman–Crippen MR) is 62.4 cm³/mol. The number of carbonyl (C=O) groups is 1. The molecule has 2 heterocycles. The zero-order valence-corrected chi connectivity index (χ0v) is 9.67. The van der Waals surface area contributed by atoms with Crippen molar-refractivity contribution in [3.05, 3.63) is 29.3 Å². The molecule has 0 aliphatic rings. The van der Waals surface area contributed by atoms with Crippen molar-refractivity contribution in [3.8, 4) is 0 Å². The van der Waals surface area contributed by atoms with Gasteiger partial charge in [-0.2, -0.15) is 0 Å². The molecule has 0 aliphatic heterocycles. The number of aromatic amines is 1. The standard InChI is InChI=1S/C10H12N4OS/c1-7-5-16-10(13-7)14-9(15)3-2-8-4-11-6-12-8/h4-6H,2-3H2,1H3,(H,11,12)(H,13,14,15). The Hall–Kier alpha value is -1.69. The third-order valence-corrected chi connectivity index (χ3v) is 2.92. The zero-order valence-electron chi connectivity index (χ0n) is 8.86. The van der Waals surface area contributed by atoms with Crippen LogP contribution in [-0.2, 0) is 11.2 Å². The highest BCUT2D eigenvalue weighted by Crippen LogP contribution is 2.14. The lowest BCUT2D eigenvalue weighted by atomic mass is 10.2. The Morgan fingerprint density at radius 3 is 3.12 bits per heavy atom. The first-order chi connectivity index (χ1) is 7.74. The van der Waals surface area contributed by atoms with E-state index in [2.05, 4.69) is 20.3 Å². The van der Waals surface area contributed by atoms with Crippen molar-refractivity contribution in [2.75, 3.05) is 5.32 Å². The second-order valence-electron chi connectivity index (χ2n) is 3.42. The molecule has 5 nitrogen and oxygen atoms in total. The predicted octanol–water partition coefficient (Wildman–Crippen LogP) is 1.75. The number of anilines is 1. The van der Waals surface area contributed by atoms with Crippen molar-refractivity contribution in [1.82, 2.24) is 15.0 Å². The minimum absolute atomic E-state index is 0.0241. The van der Waals surface area contributed by atoms with Crippen molar-refractivity contribution in [2.45, 2.75) is 19.8 Å². The lowest BCUT2D eigenvalue weighted by Crippen LogP contribution is -2.12. The molecule has 16 heavy (non-hydrogen) atoms. The second kappa shape index (κ2) is 4.89. The fourth-order valence-corrected chi connectivity index (χ4v) is 1.97. The number of amides is 1. The molecule has 0 atom stereocenters. The van der Waals surface area contributed by atoms with Crippen LogP contribution < -0.4 is 5.32 Å². The first-order valence-corrected chi connectivity index (χ1v) is 5.81. The highest BCUT2D eigenvalue weighted by molar-refractivity contribution is 7.13. The van der Waals surface area contributed by atoms with Crippen LogP contribution in [-0.4, -0.2) is 20.9 Å². The molecule has 0 spiro atoms. The van der Waals surface area contributed by atoms with Gasteiger partial charge in [-0.15, -0.1) is 11.3 Å². The number of nitrogens with zero attached hydrogens (tertiary/aromatic N) is 2. The van der Waals surface area contributed by atoms with E-state index >= 15 is 0 Å². The molecule has 84 valence electrons. The molecule has 0 bridgehead atoms. The third-order valence-electron chi connectivity index (χ3n) is 2.04. The number of hydrogen-bond acceptors (Lipinski definition) is 4. The Morgan fingerprint density at radius 2 is 2.50 bits per heavy atom. The molecule has 0 radical (unpaired) electrons. The van der Waals surface area contributed by atoms with Crippen LogP contribution in [0.25, 0.3) is 0 Å². The molecule has 0 unspecified atom stereocenters. The normalized spacial score (nSPS) is 10.3. The highest BCUT2D eigenvalue weighted by atomic mass is 32.1. The molecule has 2 rings (SSSR count). The summed E-state index contributed by atoms with van der Waals surface area (Å²) >= 11 is 1.44. The van der Waals surface area contributed by atoms with Gasteiger partial charge in [0.05, 0.1) is 12.0 Å². The fourth-order valence-electron chi connectivity index (χ4n) is 1.26. The Balaban J connectivity index is 1.81. The minimum atomic E-state index is -0.0241. The lowest BCUT2D eigenvalue weighted by molar-refractivity contribution is -0.116. The highest BCUT2D eigenvalue weighted by Gasteiger charge is 2.05. The molecule has 2 N–H and O–H groups in total. The van der Waals surface area contributed by atoms with Gasteiger partial charge in [0.25, 0.3) is 0 Å². The van der Waals surface area contributed by atoms with E-state index in [0.29, 0.717) is 18.0 Å². The molecular weight excluding hydrogens is 224 g/mol. The van der Waals surface area contributed by atoms with Crippen molar-refractivity contribution in [3.63, 3.8) is 0 Å². The van der Waals surface area contributed by atoms with Crippen molar-refractivity contribution in [2.24, 2.45) is 0 Å². The number of nitrogens with one attached hydrogen (secondary N) is 2. The molecular formula is C10H12N4OS. The van der Waals surface area contributed by atoms with E-state index in [-0.39, 0.29) is 5.91 Å². The van der Waals surface area contributed by atoms with Crippen LogP contribution in [0.3, 0.4) is 0 Å². The maximum absolute atomic E-state index is 11.5. The monoisotopic (exact) mass is 236 g/mol. The number of H-pyrrole nitrogens is 1. The summed E-state index contributed by atoms with van der Waals surface area (Å²) in [5.41, 5.74) is 1.89. The number of hydrogen-bond donors (Lipinski definition) is 2. The average Bonchev–Trinajstić information content (AvgIpc) is 2.87. The number of rotatable bonds is 4. The van der Waals surface area contributed by atoms with E-state index in [1.807, 2.05) is 12.3 Å². The van der Waals surface area contributed by atoms with Crippen LogP contribution in [0.15, 0.2) is 17.9 Å². The minimum Gasteiger partial charge on any atom is -0.348 e. The maximum atomic E-state index is 11.5. The largest absolute Gasteiger partial charge is 0.348 e. The van der Waals surface area contributed by atoms with Crippen LogP contribution in [0.1, 0.15) is 17.8 Å². The third kappa shape index (κ3) is 2.90. The molecule has 0 aromatic carbocycles. The molecule has 0 aliphatic carbocycles. The van der Waals surface area contributed by atoms with Gasteiger partial charge >= 0.3 is 0 Å². The SMILES string of the molecule is Cc1csc(NC(=O)CCc2cnc[nH]2)n1. The van der Waals surface area contributed by atoms with E-state index in [9.17, 15) is 4.79 Å². The van der Waals surface area contributed by atoms with Gasteiger partial charge in [-0.1, -0.05) is 0 Å².